The van der Waals surface area contributed by atoms with E-state index in [9.17, 15) is 4.79 Å². The van der Waals surface area contributed by atoms with Crippen LogP contribution < -0.4 is 5.32 Å². The molecule has 0 atom stereocenters. The van der Waals surface area contributed by atoms with Gasteiger partial charge >= 0.3 is 5.97 Å². The van der Waals surface area contributed by atoms with E-state index >= 15 is 0 Å². The number of nitrogens with zero attached hydrogens (tertiary/aromatic N) is 2. The van der Waals surface area contributed by atoms with Gasteiger partial charge in [0.1, 0.15) is 0 Å². The molecule has 1 aliphatic heterocycles. The molecule has 0 radical (unpaired) electrons. The molecular weight excluding hydrogens is 230 g/mol. The first-order chi connectivity index (χ1) is 8.75. The first-order valence-electron chi connectivity index (χ1n) is 6.80. The van der Waals surface area contributed by atoms with Crippen LogP contribution in [-0.4, -0.2) is 27.2 Å². The summed E-state index contributed by atoms with van der Waals surface area (Å²) < 4.78 is 2.19. The van der Waals surface area contributed by atoms with Crippen LogP contribution >= 0.6 is 0 Å². The van der Waals surface area contributed by atoms with Gasteiger partial charge in [0.25, 0.3) is 0 Å². The Hall–Kier alpha value is -1.52. The molecule has 2 N–H and O–H groups in total. The summed E-state index contributed by atoms with van der Waals surface area (Å²) >= 11 is 0. The number of rotatable bonds is 4. The highest BCUT2D eigenvalue weighted by atomic mass is 16.4. The van der Waals surface area contributed by atoms with Crippen molar-refractivity contribution in [2.75, 3.05) is 11.9 Å². The molecule has 5 nitrogen and oxygen atoms in total. The number of carboxylic acids is 1. The van der Waals surface area contributed by atoms with Gasteiger partial charge in [-0.3, -0.25) is 4.79 Å². The van der Waals surface area contributed by atoms with Gasteiger partial charge in [-0.15, -0.1) is 0 Å². The maximum absolute atomic E-state index is 10.8. The Morgan fingerprint density at radius 2 is 2.28 bits per heavy atom. The fourth-order valence-corrected chi connectivity index (χ4v) is 2.82. The van der Waals surface area contributed by atoms with E-state index in [4.69, 9.17) is 10.1 Å². The fourth-order valence-electron chi connectivity index (χ4n) is 2.82. The Kier molecular flexibility index (Phi) is 2.97. The van der Waals surface area contributed by atoms with Gasteiger partial charge in [0.15, 0.2) is 0 Å². The zero-order valence-corrected chi connectivity index (χ0v) is 10.5. The molecule has 1 aromatic rings. The minimum Gasteiger partial charge on any atom is -0.481 e. The third kappa shape index (κ3) is 1.98. The Morgan fingerprint density at radius 1 is 1.44 bits per heavy atom. The van der Waals surface area contributed by atoms with Gasteiger partial charge in [-0.05, 0) is 19.3 Å². The predicted octanol–water partition coefficient (Wildman–Crippen LogP) is 1.98. The molecular formula is C13H19N3O2. The molecule has 1 saturated carbocycles. The number of anilines is 1. The molecule has 5 heteroatoms. The second-order valence-electron chi connectivity index (χ2n) is 5.22. The third-order valence-electron chi connectivity index (χ3n) is 4.01. The van der Waals surface area contributed by atoms with Crippen molar-refractivity contribution in [3.63, 3.8) is 0 Å². The molecule has 0 spiro atoms. The molecule has 1 aromatic heterocycles. The van der Waals surface area contributed by atoms with Crippen LogP contribution in [0.25, 0.3) is 0 Å². The van der Waals surface area contributed by atoms with Gasteiger partial charge in [0.2, 0.25) is 5.95 Å². The van der Waals surface area contributed by atoms with Crippen molar-refractivity contribution in [1.82, 2.24) is 9.55 Å². The van der Waals surface area contributed by atoms with Crippen LogP contribution in [0.2, 0.25) is 0 Å². The first-order valence-corrected chi connectivity index (χ1v) is 6.80. The Balaban J connectivity index is 1.90. The van der Waals surface area contributed by atoms with E-state index in [0.717, 1.165) is 36.8 Å². The maximum atomic E-state index is 10.8. The largest absolute Gasteiger partial charge is 0.481 e. The number of carbonyl (C=O) groups is 1. The lowest BCUT2D eigenvalue weighted by molar-refractivity contribution is -0.136. The number of imidazole rings is 1. The molecule has 0 unspecified atom stereocenters. The second-order valence-corrected chi connectivity index (χ2v) is 5.22. The zero-order valence-electron chi connectivity index (χ0n) is 10.5. The lowest BCUT2D eigenvalue weighted by Crippen LogP contribution is -2.19. The van der Waals surface area contributed by atoms with E-state index in [1.165, 1.54) is 19.3 Å². The molecule has 2 heterocycles. The minimum atomic E-state index is -0.728. The van der Waals surface area contributed by atoms with E-state index < -0.39 is 5.97 Å². The highest BCUT2D eigenvalue weighted by molar-refractivity contribution is 5.67. The Labute approximate surface area is 106 Å². The highest BCUT2D eigenvalue weighted by Gasteiger charge is 2.28. The molecule has 1 fully saturated rings. The number of hydrogen-bond donors (Lipinski definition) is 2. The highest BCUT2D eigenvalue weighted by Crippen LogP contribution is 2.39. The number of fused-ring (bicyclic) bond motifs is 1. The SMILES string of the molecule is O=C(O)CCc1c(C2CCC2)nc2n1CCCN2. The van der Waals surface area contributed by atoms with Crippen molar-refractivity contribution in [2.45, 2.75) is 51.0 Å². The van der Waals surface area contributed by atoms with E-state index in [1.54, 1.807) is 0 Å². The van der Waals surface area contributed by atoms with E-state index in [-0.39, 0.29) is 6.42 Å². The molecule has 0 bridgehead atoms. The quantitative estimate of drug-likeness (QED) is 0.856. The first kappa shape index (κ1) is 11.6. The van der Waals surface area contributed by atoms with Crippen LogP contribution in [0.3, 0.4) is 0 Å². The smallest absolute Gasteiger partial charge is 0.303 e. The second kappa shape index (κ2) is 4.63. The van der Waals surface area contributed by atoms with Crippen LogP contribution in [0.15, 0.2) is 0 Å². The van der Waals surface area contributed by atoms with E-state index in [1.807, 2.05) is 0 Å². The number of nitrogens with one attached hydrogen (secondary N) is 1. The van der Waals surface area contributed by atoms with Crippen LogP contribution in [-0.2, 0) is 17.8 Å². The number of hydrogen-bond acceptors (Lipinski definition) is 3. The van der Waals surface area contributed by atoms with Gasteiger partial charge in [-0.25, -0.2) is 4.98 Å². The summed E-state index contributed by atoms with van der Waals surface area (Å²) in [5, 5.41) is 12.2. The van der Waals surface area contributed by atoms with Crippen molar-refractivity contribution >= 4 is 11.9 Å². The Bertz CT molecular complexity index is 463. The Morgan fingerprint density at radius 3 is 2.94 bits per heavy atom. The predicted molar refractivity (Wildman–Crippen MR) is 67.9 cm³/mol. The number of carboxylic acid groups (broad SMARTS) is 1. The van der Waals surface area contributed by atoms with Gasteiger partial charge < -0.3 is 15.0 Å². The van der Waals surface area contributed by atoms with Crippen LogP contribution in [0.1, 0.15) is 49.4 Å². The molecule has 18 heavy (non-hydrogen) atoms. The molecule has 98 valence electrons. The van der Waals surface area contributed by atoms with Crippen molar-refractivity contribution in [3.8, 4) is 0 Å². The maximum Gasteiger partial charge on any atom is 0.303 e. The monoisotopic (exact) mass is 249 g/mol. The van der Waals surface area contributed by atoms with Gasteiger partial charge in [0, 0.05) is 31.1 Å². The topological polar surface area (TPSA) is 67.1 Å². The summed E-state index contributed by atoms with van der Waals surface area (Å²) in [6.45, 7) is 1.94. The summed E-state index contributed by atoms with van der Waals surface area (Å²) in [5.41, 5.74) is 2.32. The zero-order chi connectivity index (χ0) is 12.5. The van der Waals surface area contributed by atoms with E-state index in [0.29, 0.717) is 12.3 Å². The number of aromatic nitrogens is 2. The van der Waals surface area contributed by atoms with Gasteiger partial charge in [-0.2, -0.15) is 0 Å². The standard InChI is InChI=1S/C13H19N3O2/c17-11(18)6-5-10-12(9-3-1-4-9)15-13-14-7-2-8-16(10)13/h9H,1-8H2,(H,14,15)(H,17,18). The molecule has 0 amide bonds. The summed E-state index contributed by atoms with van der Waals surface area (Å²) in [5.74, 6) is 0.783. The average molecular weight is 249 g/mol. The molecule has 0 aromatic carbocycles. The average Bonchev–Trinajstić information content (AvgIpc) is 2.62. The van der Waals surface area contributed by atoms with Crippen LogP contribution in [0.5, 0.6) is 0 Å². The van der Waals surface area contributed by atoms with Crippen molar-refractivity contribution in [3.05, 3.63) is 11.4 Å². The molecule has 0 saturated heterocycles. The lowest BCUT2D eigenvalue weighted by atomic mass is 9.82. The van der Waals surface area contributed by atoms with Crippen molar-refractivity contribution < 1.29 is 9.90 Å². The summed E-state index contributed by atoms with van der Waals surface area (Å²) in [6.07, 6.45) is 5.58. The van der Waals surface area contributed by atoms with E-state index in [2.05, 4.69) is 9.88 Å². The minimum absolute atomic E-state index is 0.199. The lowest BCUT2D eigenvalue weighted by Gasteiger charge is -2.25. The molecule has 3 rings (SSSR count). The summed E-state index contributed by atoms with van der Waals surface area (Å²) in [6, 6.07) is 0. The number of aliphatic carboxylic acids is 1. The van der Waals surface area contributed by atoms with Crippen LogP contribution in [0, 0.1) is 0 Å². The van der Waals surface area contributed by atoms with Gasteiger partial charge in [-0.1, -0.05) is 6.42 Å². The molecule has 1 aliphatic carbocycles. The van der Waals surface area contributed by atoms with Crippen molar-refractivity contribution in [1.29, 1.82) is 0 Å². The van der Waals surface area contributed by atoms with Gasteiger partial charge in [0.05, 0.1) is 12.1 Å². The normalized spacial score (nSPS) is 18.9. The third-order valence-corrected chi connectivity index (χ3v) is 4.01. The summed E-state index contributed by atoms with van der Waals surface area (Å²) in [4.78, 5) is 15.5. The van der Waals surface area contributed by atoms with Crippen molar-refractivity contribution in [2.24, 2.45) is 0 Å². The molecule has 2 aliphatic rings. The summed E-state index contributed by atoms with van der Waals surface area (Å²) in [7, 11) is 0. The fraction of sp³-hybridized carbons (Fsp3) is 0.692. The van der Waals surface area contributed by atoms with Crippen LogP contribution in [0.4, 0.5) is 5.95 Å².